The molecule has 0 unspecified atom stereocenters. The molecule has 2 aromatic rings. The minimum absolute atomic E-state index is 0.464. The molecule has 0 aliphatic rings. The highest BCUT2D eigenvalue weighted by Gasteiger charge is 2.01. The number of nitrogens with two attached hydrogens (primary N) is 1. The minimum atomic E-state index is 0.464. The van der Waals surface area contributed by atoms with E-state index in [-0.39, 0.29) is 0 Å². The lowest BCUT2D eigenvalue weighted by Gasteiger charge is -2.09. The van der Waals surface area contributed by atoms with Crippen LogP contribution in [0.4, 0.5) is 17.1 Å². The van der Waals surface area contributed by atoms with Gasteiger partial charge in [-0.25, -0.2) is 0 Å². The maximum Gasteiger partial charge on any atom is 0.121 e. The fourth-order valence-electron chi connectivity index (χ4n) is 1.73. The summed E-state index contributed by atoms with van der Waals surface area (Å²) in [4.78, 5) is 0. The first kappa shape index (κ1) is 12.8. The van der Waals surface area contributed by atoms with Crippen molar-refractivity contribution in [2.75, 3.05) is 17.7 Å². The number of nitrogens with zero attached hydrogens (tertiary/aromatic N) is 1. The van der Waals surface area contributed by atoms with Crippen LogP contribution >= 0.6 is 0 Å². The van der Waals surface area contributed by atoms with Gasteiger partial charge in [-0.1, -0.05) is 6.07 Å². The summed E-state index contributed by atoms with van der Waals surface area (Å²) in [5.74, 6) is 0.809. The number of nitrogen functional groups attached to an aromatic ring is 1. The van der Waals surface area contributed by atoms with Crippen LogP contribution in [0.3, 0.4) is 0 Å². The van der Waals surface area contributed by atoms with Crippen molar-refractivity contribution in [2.24, 2.45) is 0 Å². The van der Waals surface area contributed by atoms with E-state index in [9.17, 15) is 0 Å². The molecular formula is C15H15N3O. The zero-order chi connectivity index (χ0) is 13.7. The van der Waals surface area contributed by atoms with E-state index < -0.39 is 0 Å². The number of rotatable bonds is 4. The Bertz CT molecular complexity index is 617. The van der Waals surface area contributed by atoms with E-state index in [4.69, 9.17) is 15.7 Å². The second-order valence-corrected chi connectivity index (χ2v) is 4.00. The molecule has 0 radical (unpaired) electrons. The predicted molar refractivity (Wildman–Crippen MR) is 76.5 cm³/mol. The van der Waals surface area contributed by atoms with Crippen molar-refractivity contribution in [3.05, 3.63) is 48.0 Å². The van der Waals surface area contributed by atoms with E-state index in [1.54, 1.807) is 12.1 Å². The summed E-state index contributed by atoms with van der Waals surface area (Å²) in [6.07, 6.45) is 0. The van der Waals surface area contributed by atoms with Crippen LogP contribution in [-0.2, 0) is 0 Å². The summed E-state index contributed by atoms with van der Waals surface area (Å²) in [7, 11) is 0. The zero-order valence-corrected chi connectivity index (χ0v) is 10.7. The average molecular weight is 253 g/mol. The molecule has 19 heavy (non-hydrogen) atoms. The molecule has 0 atom stereocenters. The van der Waals surface area contributed by atoms with Crippen molar-refractivity contribution in [3.8, 4) is 11.8 Å². The molecule has 0 fully saturated rings. The topological polar surface area (TPSA) is 71.1 Å². The van der Waals surface area contributed by atoms with Gasteiger partial charge in [0, 0.05) is 23.1 Å². The fraction of sp³-hybridized carbons (Fsp3) is 0.133. The molecule has 0 aliphatic heterocycles. The van der Waals surface area contributed by atoms with Crippen LogP contribution in [0.5, 0.6) is 5.75 Å². The smallest absolute Gasteiger partial charge is 0.121 e. The fourth-order valence-corrected chi connectivity index (χ4v) is 1.73. The molecule has 0 saturated heterocycles. The van der Waals surface area contributed by atoms with Gasteiger partial charge >= 0.3 is 0 Å². The summed E-state index contributed by atoms with van der Waals surface area (Å²) >= 11 is 0. The van der Waals surface area contributed by atoms with Crippen molar-refractivity contribution >= 4 is 17.1 Å². The van der Waals surface area contributed by atoms with Gasteiger partial charge in [-0.15, -0.1) is 0 Å². The Labute approximate surface area is 112 Å². The molecular weight excluding hydrogens is 238 g/mol. The lowest BCUT2D eigenvalue weighted by Crippen LogP contribution is -1.96. The summed E-state index contributed by atoms with van der Waals surface area (Å²) in [5.41, 5.74) is 8.35. The quantitative estimate of drug-likeness (QED) is 0.820. The predicted octanol–water partition coefficient (Wildman–Crippen LogP) is 3.28. The molecule has 0 bridgehead atoms. The van der Waals surface area contributed by atoms with Crippen LogP contribution in [0.15, 0.2) is 42.5 Å². The Balaban J connectivity index is 2.21. The van der Waals surface area contributed by atoms with Crippen LogP contribution in [0.2, 0.25) is 0 Å². The van der Waals surface area contributed by atoms with Crippen LogP contribution in [0, 0.1) is 11.3 Å². The highest BCUT2D eigenvalue weighted by Crippen LogP contribution is 2.23. The molecule has 96 valence electrons. The van der Waals surface area contributed by atoms with Gasteiger partial charge in [0.2, 0.25) is 0 Å². The first-order valence-electron chi connectivity index (χ1n) is 6.02. The van der Waals surface area contributed by atoms with Gasteiger partial charge in [0.15, 0.2) is 0 Å². The van der Waals surface area contributed by atoms with E-state index >= 15 is 0 Å². The van der Waals surface area contributed by atoms with Crippen molar-refractivity contribution < 1.29 is 4.74 Å². The third kappa shape index (κ3) is 3.17. The zero-order valence-electron chi connectivity index (χ0n) is 10.7. The van der Waals surface area contributed by atoms with Crippen LogP contribution < -0.4 is 15.8 Å². The summed E-state index contributed by atoms with van der Waals surface area (Å²) in [5, 5.41) is 12.2. The molecule has 2 aromatic carbocycles. The molecule has 0 spiro atoms. The Hall–Kier alpha value is -2.67. The van der Waals surface area contributed by atoms with Crippen molar-refractivity contribution in [2.45, 2.75) is 6.92 Å². The number of anilines is 3. The Kier molecular flexibility index (Phi) is 3.89. The summed E-state index contributed by atoms with van der Waals surface area (Å²) < 4.78 is 5.44. The number of hydrogen-bond donors (Lipinski definition) is 2. The van der Waals surface area contributed by atoms with Gasteiger partial charge in [-0.3, -0.25) is 0 Å². The average Bonchev–Trinajstić information content (AvgIpc) is 2.42. The van der Waals surface area contributed by atoms with Crippen LogP contribution in [-0.4, -0.2) is 6.61 Å². The Morgan fingerprint density at radius 2 is 2.00 bits per heavy atom. The normalized spacial score (nSPS) is 9.68. The van der Waals surface area contributed by atoms with Crippen molar-refractivity contribution in [1.29, 1.82) is 5.26 Å². The van der Waals surface area contributed by atoms with Gasteiger partial charge in [0.25, 0.3) is 0 Å². The Morgan fingerprint density at radius 1 is 1.21 bits per heavy atom. The largest absolute Gasteiger partial charge is 0.494 e. The van der Waals surface area contributed by atoms with E-state index in [1.807, 2.05) is 37.3 Å². The van der Waals surface area contributed by atoms with Crippen LogP contribution in [0.25, 0.3) is 0 Å². The maximum atomic E-state index is 8.95. The molecule has 0 aliphatic carbocycles. The second kappa shape index (κ2) is 5.78. The molecule has 2 rings (SSSR count). The number of nitrogens with one attached hydrogen (secondary N) is 1. The molecule has 4 heteroatoms. The highest BCUT2D eigenvalue weighted by molar-refractivity contribution is 5.67. The third-order valence-corrected chi connectivity index (χ3v) is 2.61. The molecule has 3 N–H and O–H groups in total. The molecule has 0 aromatic heterocycles. The van der Waals surface area contributed by atoms with Crippen molar-refractivity contribution in [3.63, 3.8) is 0 Å². The van der Waals surface area contributed by atoms with E-state index in [2.05, 4.69) is 11.4 Å². The first-order valence-corrected chi connectivity index (χ1v) is 6.02. The van der Waals surface area contributed by atoms with Gasteiger partial charge < -0.3 is 15.8 Å². The van der Waals surface area contributed by atoms with E-state index in [1.165, 1.54) is 0 Å². The molecule has 0 heterocycles. The van der Waals surface area contributed by atoms with E-state index in [0.29, 0.717) is 17.9 Å². The van der Waals surface area contributed by atoms with Gasteiger partial charge in [0.1, 0.15) is 11.8 Å². The standard InChI is InChI=1S/C15H15N3O/c1-2-19-14-5-3-4-12(9-14)18-13-6-7-15(17)11(8-13)10-16/h3-9,18H,2,17H2,1H3. The van der Waals surface area contributed by atoms with E-state index in [0.717, 1.165) is 17.1 Å². The lowest BCUT2D eigenvalue weighted by atomic mass is 10.1. The lowest BCUT2D eigenvalue weighted by molar-refractivity contribution is 0.340. The molecule has 4 nitrogen and oxygen atoms in total. The van der Waals surface area contributed by atoms with Gasteiger partial charge in [0.05, 0.1) is 12.2 Å². The monoisotopic (exact) mass is 253 g/mol. The Morgan fingerprint density at radius 3 is 2.74 bits per heavy atom. The van der Waals surface area contributed by atoms with Crippen LogP contribution in [0.1, 0.15) is 12.5 Å². The molecule has 0 amide bonds. The highest BCUT2D eigenvalue weighted by atomic mass is 16.5. The van der Waals surface area contributed by atoms with Crippen molar-refractivity contribution in [1.82, 2.24) is 0 Å². The first-order chi connectivity index (χ1) is 9.22. The summed E-state index contributed by atoms with van der Waals surface area (Å²) in [6.45, 7) is 2.57. The number of hydrogen-bond acceptors (Lipinski definition) is 4. The number of nitriles is 1. The second-order valence-electron chi connectivity index (χ2n) is 4.00. The number of ether oxygens (including phenoxy) is 1. The van der Waals surface area contributed by atoms with Gasteiger partial charge in [-0.05, 0) is 37.3 Å². The third-order valence-electron chi connectivity index (χ3n) is 2.61. The summed E-state index contributed by atoms with van der Waals surface area (Å²) in [6, 6.07) is 15.0. The van der Waals surface area contributed by atoms with Gasteiger partial charge in [-0.2, -0.15) is 5.26 Å². The number of benzene rings is 2. The minimum Gasteiger partial charge on any atom is -0.494 e. The molecule has 0 saturated carbocycles. The maximum absolute atomic E-state index is 8.95. The SMILES string of the molecule is CCOc1cccc(Nc2ccc(N)c(C#N)c2)c1.